The average Bonchev–Trinajstić information content (AvgIpc) is 3.15. The molecule has 0 N–H and O–H groups in total. The molecule has 0 bridgehead atoms. The van der Waals surface area contributed by atoms with Crippen molar-refractivity contribution in [2.75, 3.05) is 7.11 Å². The number of methoxy groups -OCH3 is 1. The molecule has 0 aliphatic heterocycles. The summed E-state index contributed by atoms with van der Waals surface area (Å²) in [5.41, 5.74) is 3.47. The van der Waals surface area contributed by atoms with E-state index in [9.17, 15) is 20.2 Å². The fraction of sp³-hybridized carbons (Fsp3) is 0.0270. The SMILES string of the molecule is COc1ccccc1N=C([S-])c1ccccn1.O=[N+]([O-])c1cc([N+](=O)[O-])c2cccnc2c1[N-]c1cccc2nccc(-c3ccccc3)c12.[Co+2]. The van der Waals surface area contributed by atoms with Crippen LogP contribution in [-0.2, 0) is 29.4 Å². The van der Waals surface area contributed by atoms with Crippen molar-refractivity contribution in [2.45, 2.75) is 0 Å². The molecule has 7 rings (SSSR count). The molecule has 0 aliphatic rings. The van der Waals surface area contributed by atoms with Gasteiger partial charge in [-0.2, -0.15) is 0 Å². The van der Waals surface area contributed by atoms with Gasteiger partial charge in [0.05, 0.1) is 45.1 Å². The zero-order valence-corrected chi connectivity index (χ0v) is 28.5. The molecule has 0 spiro atoms. The molecule has 253 valence electrons. The van der Waals surface area contributed by atoms with Gasteiger partial charge in [0.25, 0.3) is 11.4 Å². The van der Waals surface area contributed by atoms with Crippen LogP contribution in [0.15, 0.2) is 139 Å². The number of aliphatic imine (C=N–C) groups is 1. The summed E-state index contributed by atoms with van der Waals surface area (Å²) in [6, 6.07) is 33.9. The van der Waals surface area contributed by atoms with Crippen molar-refractivity contribution in [1.29, 1.82) is 0 Å². The maximum atomic E-state index is 11.9. The van der Waals surface area contributed by atoms with E-state index in [0.717, 1.165) is 17.2 Å². The third kappa shape index (κ3) is 7.94. The first-order valence-electron chi connectivity index (χ1n) is 15.0. The van der Waals surface area contributed by atoms with Gasteiger partial charge >= 0.3 is 16.8 Å². The molecule has 0 saturated carbocycles. The van der Waals surface area contributed by atoms with Crippen LogP contribution in [0.1, 0.15) is 5.69 Å². The fourth-order valence-corrected chi connectivity index (χ4v) is 5.45. The second-order valence-electron chi connectivity index (χ2n) is 10.5. The molecular formula is C37H25CoN7O5S. The summed E-state index contributed by atoms with van der Waals surface area (Å²) in [5, 5.41) is 29.4. The molecule has 0 atom stereocenters. The summed E-state index contributed by atoms with van der Waals surface area (Å²) >= 11 is 5.23. The van der Waals surface area contributed by atoms with Gasteiger partial charge in [-0.05, 0) is 70.7 Å². The largest absolute Gasteiger partial charge is 2.00 e. The first kappa shape index (κ1) is 35.9. The molecule has 4 aromatic carbocycles. The number of aromatic nitrogens is 3. The van der Waals surface area contributed by atoms with Crippen molar-refractivity contribution < 1.29 is 31.4 Å². The van der Waals surface area contributed by atoms with Gasteiger partial charge in [-0.1, -0.05) is 65.7 Å². The minimum Gasteiger partial charge on any atom is -0.758 e. The van der Waals surface area contributed by atoms with E-state index in [4.69, 9.17) is 17.4 Å². The maximum Gasteiger partial charge on any atom is 2.00 e. The Morgan fingerprint density at radius 1 is 0.765 bits per heavy atom. The molecule has 14 heteroatoms. The fourth-order valence-electron chi connectivity index (χ4n) is 5.24. The normalized spacial score (nSPS) is 10.8. The molecule has 0 aliphatic carbocycles. The van der Waals surface area contributed by atoms with Crippen LogP contribution in [0.2, 0.25) is 0 Å². The molecule has 0 amide bonds. The summed E-state index contributed by atoms with van der Waals surface area (Å²) in [6.07, 6.45) is 4.81. The molecule has 0 unspecified atom stereocenters. The number of hydrogen-bond donors (Lipinski definition) is 0. The van der Waals surface area contributed by atoms with E-state index in [1.165, 1.54) is 12.3 Å². The third-order valence-electron chi connectivity index (χ3n) is 7.47. The van der Waals surface area contributed by atoms with Crippen molar-refractivity contribution in [3.05, 3.63) is 165 Å². The van der Waals surface area contributed by atoms with Crippen LogP contribution < -0.4 is 4.74 Å². The van der Waals surface area contributed by atoms with Crippen molar-refractivity contribution in [3.63, 3.8) is 0 Å². The number of para-hydroxylation sites is 2. The number of pyridine rings is 3. The number of ether oxygens (including phenoxy) is 1. The van der Waals surface area contributed by atoms with Gasteiger partial charge in [0, 0.05) is 18.6 Å². The number of benzene rings is 4. The Labute approximate surface area is 307 Å². The average molecular weight is 739 g/mol. The molecule has 1 radical (unpaired) electrons. The summed E-state index contributed by atoms with van der Waals surface area (Å²) < 4.78 is 5.21. The third-order valence-corrected chi connectivity index (χ3v) is 7.77. The quantitative estimate of drug-likeness (QED) is 0.0486. The predicted octanol–water partition coefficient (Wildman–Crippen LogP) is 9.32. The number of fused-ring (bicyclic) bond motifs is 2. The molecule has 51 heavy (non-hydrogen) atoms. The number of nitro benzene ring substituents is 2. The van der Waals surface area contributed by atoms with E-state index >= 15 is 0 Å². The Hall–Kier alpha value is -6.35. The topological polar surface area (TPSA) is 161 Å². The second-order valence-corrected chi connectivity index (χ2v) is 10.9. The van der Waals surface area contributed by atoms with Crippen LogP contribution in [0.25, 0.3) is 38.2 Å². The van der Waals surface area contributed by atoms with Crippen molar-refractivity contribution in [1.82, 2.24) is 15.0 Å². The van der Waals surface area contributed by atoms with Crippen LogP contribution in [-0.4, -0.2) is 37.0 Å². The Morgan fingerprint density at radius 2 is 1.49 bits per heavy atom. The molecule has 3 heterocycles. The van der Waals surface area contributed by atoms with E-state index in [1.54, 1.807) is 37.7 Å². The first-order chi connectivity index (χ1) is 24.4. The van der Waals surface area contributed by atoms with Crippen LogP contribution in [0.4, 0.5) is 28.4 Å². The van der Waals surface area contributed by atoms with E-state index in [1.807, 2.05) is 84.9 Å². The minimum absolute atomic E-state index is 0. The summed E-state index contributed by atoms with van der Waals surface area (Å²) in [7, 11) is 1.61. The van der Waals surface area contributed by atoms with Crippen LogP contribution in [0.3, 0.4) is 0 Å². The predicted molar refractivity (Wildman–Crippen MR) is 196 cm³/mol. The van der Waals surface area contributed by atoms with Gasteiger partial charge in [0.15, 0.2) is 0 Å². The van der Waals surface area contributed by atoms with E-state index in [0.29, 0.717) is 38.8 Å². The molecular weight excluding hydrogens is 713 g/mol. The van der Waals surface area contributed by atoms with Crippen molar-refractivity contribution in [2.24, 2.45) is 4.99 Å². The second kappa shape index (κ2) is 16.4. The number of non-ortho nitro benzene ring substituents is 1. The van der Waals surface area contributed by atoms with Crippen molar-refractivity contribution >= 4 is 67.9 Å². The van der Waals surface area contributed by atoms with Crippen molar-refractivity contribution in [3.8, 4) is 16.9 Å². The Morgan fingerprint density at radius 3 is 2.22 bits per heavy atom. The van der Waals surface area contributed by atoms with Gasteiger partial charge in [0.1, 0.15) is 11.4 Å². The molecule has 0 saturated heterocycles. The minimum atomic E-state index is -0.679. The zero-order valence-electron chi connectivity index (χ0n) is 26.6. The van der Waals surface area contributed by atoms with E-state index < -0.39 is 21.2 Å². The number of nitrogens with zero attached hydrogens (tertiary/aromatic N) is 7. The summed E-state index contributed by atoms with van der Waals surface area (Å²) in [5.74, 6) is 0.700. The molecule has 0 fully saturated rings. The maximum absolute atomic E-state index is 11.9. The van der Waals surface area contributed by atoms with Crippen LogP contribution in [0, 0.1) is 20.2 Å². The first-order valence-corrected chi connectivity index (χ1v) is 15.4. The zero-order chi connectivity index (χ0) is 35.0. The van der Waals surface area contributed by atoms with E-state index in [2.05, 4.69) is 25.3 Å². The Bertz CT molecular complexity index is 2380. The van der Waals surface area contributed by atoms with Gasteiger partial charge in [-0.15, -0.1) is 5.69 Å². The van der Waals surface area contributed by atoms with Gasteiger partial charge < -0.3 is 22.7 Å². The van der Waals surface area contributed by atoms with Gasteiger partial charge in [-0.25, -0.2) is 0 Å². The van der Waals surface area contributed by atoms with E-state index in [-0.39, 0.29) is 33.4 Å². The molecule has 3 aromatic heterocycles. The number of nitro groups is 2. The number of rotatable bonds is 8. The Kier molecular flexibility index (Phi) is 11.5. The molecule has 12 nitrogen and oxygen atoms in total. The number of hydrogen-bond acceptors (Lipinski definition) is 10. The van der Waals surface area contributed by atoms with Crippen LogP contribution in [0.5, 0.6) is 5.75 Å². The summed E-state index contributed by atoms with van der Waals surface area (Å²) in [6.45, 7) is 0. The van der Waals surface area contributed by atoms with Crippen LogP contribution >= 0.6 is 0 Å². The standard InChI is InChI=1S/C24H14N5O4.C13H12N2OS.Co/c30-28(31)20-14-21(29(32)33)24(23-17(20)8-5-12-26-23)27-19-10-4-9-18-22(19)16(11-13-25-18)15-6-2-1-3-7-15;1-16-12-8-3-2-6-10(12)15-13(17)11-7-4-5-9-14-11;/h1-14H;2-9H,1H3,(H,15,17);/q-1;;+2/p-1. The molecule has 7 aromatic rings. The monoisotopic (exact) mass is 738 g/mol. The smallest absolute Gasteiger partial charge is 0.758 e. The summed E-state index contributed by atoms with van der Waals surface area (Å²) in [4.78, 5) is 39.2. The Balaban J connectivity index is 0.000000237. The van der Waals surface area contributed by atoms with Gasteiger partial charge in [-0.3, -0.25) is 40.2 Å². The van der Waals surface area contributed by atoms with Gasteiger partial charge in [0.2, 0.25) is 0 Å².